The lowest BCUT2D eigenvalue weighted by Crippen LogP contribution is -2.35. The Morgan fingerprint density at radius 3 is 3.27 bits per heavy atom. The third-order valence-electron chi connectivity index (χ3n) is 1.39. The van der Waals surface area contributed by atoms with Gasteiger partial charge in [-0.25, -0.2) is 0 Å². The van der Waals surface area contributed by atoms with Crippen LogP contribution in [0.3, 0.4) is 0 Å². The van der Waals surface area contributed by atoms with Crippen LogP contribution in [0.1, 0.15) is 19.3 Å². The van der Waals surface area contributed by atoms with Gasteiger partial charge >= 0.3 is 0 Å². The first kappa shape index (κ1) is 5.90. The van der Waals surface area contributed by atoms with Crippen LogP contribution >= 0.6 is 0 Å². The summed E-state index contributed by atoms with van der Waals surface area (Å²) in [5.74, 6) is -0.314. The molecule has 0 spiro atoms. The number of nitrogens with two attached hydrogens (primary N) is 1. The highest BCUT2D eigenvalue weighted by Gasteiger charge is 1.92. The van der Waals surface area contributed by atoms with Crippen LogP contribution in [-0.4, -0.2) is 18.3 Å². The van der Waals surface area contributed by atoms with Crippen molar-refractivity contribution in [2.75, 3.05) is 6.50 Å². The van der Waals surface area contributed by atoms with E-state index in [4.69, 9.17) is 18.0 Å². The van der Waals surface area contributed by atoms with Crippen molar-refractivity contribution in [3.63, 3.8) is 0 Å². The number of nitrogens with one attached hydrogen (secondary N) is 2. The molecule has 0 aromatic heterocycles. The third-order valence-corrected chi connectivity index (χ3v) is 1.39. The smallest absolute Gasteiger partial charge is 0.194 e. The summed E-state index contributed by atoms with van der Waals surface area (Å²) in [6.07, 6.45) is -1.49. The molecule has 0 fully saturated rings. The van der Waals surface area contributed by atoms with Crippen LogP contribution in [0.4, 0.5) is 0 Å². The van der Waals surface area contributed by atoms with E-state index in [0.717, 1.165) is 0 Å². The van der Waals surface area contributed by atoms with Crippen molar-refractivity contribution in [3.8, 4) is 0 Å². The number of aryl methyl sites for hydroxylation is 1. The number of benzene rings is 1. The maximum atomic E-state index is 7.91. The van der Waals surface area contributed by atoms with Gasteiger partial charge in [-0.1, -0.05) is 30.3 Å². The van der Waals surface area contributed by atoms with E-state index in [-0.39, 0.29) is 29.4 Å². The Bertz CT molecular complexity index is 544. The highest BCUT2D eigenvalue weighted by Crippen LogP contribution is 1.98. The molecular formula is C11H16N4. The fourth-order valence-corrected chi connectivity index (χ4v) is 0.842. The third kappa shape index (κ3) is 4.81. The predicted molar refractivity (Wildman–Crippen MR) is 63.2 cm³/mol. The van der Waals surface area contributed by atoms with Crippen molar-refractivity contribution in [2.45, 2.75) is 13.3 Å². The molecule has 0 radical (unpaired) electrons. The zero-order valence-electron chi connectivity index (χ0n) is 13.3. The summed E-state index contributed by atoms with van der Waals surface area (Å²) in [5, 5.41) is 9.51. The molecule has 4 N–H and O–H groups in total. The zero-order chi connectivity index (χ0) is 15.5. The molecule has 0 bridgehead atoms. The second-order valence-electron chi connectivity index (χ2n) is 2.77. The molecule has 4 heteroatoms. The standard InChI is InChI=1S/C11H16N4/c1-9(12)15-11(13)14-8-7-10-5-3-2-4-6-10/h2-6H,7-8H2,1H3,(H4,12,13,14,15)/i3D,5D,7D,8D2. The van der Waals surface area contributed by atoms with Crippen LogP contribution in [0.25, 0.3) is 0 Å². The van der Waals surface area contributed by atoms with Crippen molar-refractivity contribution >= 4 is 11.8 Å². The van der Waals surface area contributed by atoms with E-state index >= 15 is 0 Å². The van der Waals surface area contributed by atoms with Crippen LogP contribution < -0.4 is 11.1 Å². The Kier molecular flexibility index (Phi) is 2.28. The lowest BCUT2D eigenvalue weighted by molar-refractivity contribution is 0.955. The molecule has 1 aromatic rings. The summed E-state index contributed by atoms with van der Waals surface area (Å²) in [6, 6.07) is 4.01. The summed E-state index contributed by atoms with van der Waals surface area (Å²) in [5.41, 5.74) is 5.50. The Hall–Kier alpha value is -1.84. The van der Waals surface area contributed by atoms with Gasteiger partial charge in [0.05, 0.1) is 11.3 Å². The molecule has 0 saturated carbocycles. The molecule has 1 rings (SSSR count). The number of hydrogen-bond donors (Lipinski definition) is 3. The van der Waals surface area contributed by atoms with E-state index in [2.05, 4.69) is 10.3 Å². The summed E-state index contributed by atoms with van der Waals surface area (Å²) in [4.78, 5) is 3.54. The molecule has 0 aliphatic carbocycles. The molecule has 0 saturated heterocycles. The van der Waals surface area contributed by atoms with Gasteiger partial charge in [0.15, 0.2) is 5.96 Å². The quantitative estimate of drug-likeness (QED) is 0.515. The average molecular weight is 209 g/mol. The Balaban J connectivity index is 3.08. The maximum absolute atomic E-state index is 7.91. The predicted octanol–water partition coefficient (Wildman–Crippen LogP) is 1.13. The number of guanidine groups is 1. The van der Waals surface area contributed by atoms with E-state index in [0.29, 0.717) is 0 Å². The van der Waals surface area contributed by atoms with Crippen molar-refractivity contribution in [1.82, 2.24) is 5.32 Å². The maximum Gasteiger partial charge on any atom is 0.194 e. The van der Waals surface area contributed by atoms with Gasteiger partial charge in [-0.05, 0) is 18.9 Å². The number of rotatable bonds is 3. The summed E-state index contributed by atoms with van der Waals surface area (Å²) in [7, 11) is 0. The minimum atomic E-state index is -2.38. The molecule has 1 aromatic carbocycles. The molecule has 0 amide bonds. The highest BCUT2D eigenvalue weighted by atomic mass is 15.1. The Morgan fingerprint density at radius 1 is 1.73 bits per heavy atom. The lowest BCUT2D eigenvalue weighted by Gasteiger charge is -2.02. The van der Waals surface area contributed by atoms with Crippen LogP contribution in [0, 0.1) is 5.41 Å². The van der Waals surface area contributed by atoms with Gasteiger partial charge in [-0.2, -0.15) is 0 Å². The zero-order valence-corrected chi connectivity index (χ0v) is 8.33. The minimum Gasteiger partial charge on any atom is -0.370 e. The van der Waals surface area contributed by atoms with Crippen molar-refractivity contribution < 1.29 is 6.85 Å². The largest absolute Gasteiger partial charge is 0.370 e. The summed E-state index contributed by atoms with van der Waals surface area (Å²) in [6.45, 7) is -0.961. The van der Waals surface area contributed by atoms with Gasteiger partial charge in [-0.3, -0.25) is 10.4 Å². The first-order chi connectivity index (χ1) is 9.15. The van der Waals surface area contributed by atoms with Gasteiger partial charge < -0.3 is 11.1 Å². The van der Waals surface area contributed by atoms with Crippen molar-refractivity contribution in [3.05, 3.63) is 35.8 Å². The number of aliphatic imine (C=N–C) groups is 1. The highest BCUT2D eigenvalue weighted by molar-refractivity contribution is 5.96. The van der Waals surface area contributed by atoms with Gasteiger partial charge in [-0.15, -0.1) is 0 Å². The van der Waals surface area contributed by atoms with E-state index < -0.39 is 12.9 Å². The van der Waals surface area contributed by atoms with Crippen LogP contribution in [0.5, 0.6) is 0 Å². The summed E-state index contributed by atoms with van der Waals surface area (Å²) < 4.78 is 38.6. The second-order valence-corrected chi connectivity index (χ2v) is 2.77. The van der Waals surface area contributed by atoms with Gasteiger partial charge in [0.1, 0.15) is 0 Å². The molecular weight excluding hydrogens is 188 g/mol. The SMILES string of the molecule is [2H]c1cccc(C([2H])C([2H])([2H])N=C(N)NC(C)=N)c1[2H]. The number of nitrogens with zero attached hydrogens (tertiary/aromatic N) is 1. The molecule has 1 atom stereocenters. The van der Waals surface area contributed by atoms with E-state index in [1.54, 1.807) is 0 Å². The molecule has 15 heavy (non-hydrogen) atoms. The van der Waals surface area contributed by atoms with E-state index in [9.17, 15) is 0 Å². The van der Waals surface area contributed by atoms with Crippen LogP contribution in [0.2, 0.25) is 0 Å². The molecule has 0 aliphatic heterocycles. The van der Waals surface area contributed by atoms with Crippen molar-refractivity contribution in [2.24, 2.45) is 10.7 Å². The number of amidine groups is 1. The first-order valence-corrected chi connectivity index (χ1v) is 4.31. The van der Waals surface area contributed by atoms with Gasteiger partial charge in [0, 0.05) is 7.87 Å². The second kappa shape index (κ2) is 5.80. The fraction of sp³-hybridized carbons (Fsp3) is 0.273. The number of hydrogen-bond acceptors (Lipinski definition) is 2. The normalized spacial score (nSPS) is 19.0. The minimum absolute atomic E-state index is 0.00193. The first-order valence-electron chi connectivity index (χ1n) is 6.88. The average Bonchev–Trinajstić information content (AvgIpc) is 2.30. The topological polar surface area (TPSA) is 74.3 Å². The van der Waals surface area contributed by atoms with Crippen LogP contribution in [-0.2, 0) is 6.40 Å². The van der Waals surface area contributed by atoms with E-state index in [1.165, 1.54) is 25.1 Å². The molecule has 4 nitrogen and oxygen atoms in total. The molecule has 1 unspecified atom stereocenters. The molecule has 80 valence electrons. The molecule has 0 aliphatic rings. The van der Waals surface area contributed by atoms with Crippen molar-refractivity contribution in [1.29, 1.82) is 5.41 Å². The fourth-order valence-electron chi connectivity index (χ4n) is 0.842. The van der Waals surface area contributed by atoms with Gasteiger partial charge in [0.2, 0.25) is 0 Å². The molecule has 0 heterocycles. The Morgan fingerprint density at radius 2 is 2.53 bits per heavy atom. The lowest BCUT2D eigenvalue weighted by atomic mass is 10.2. The Labute approximate surface area is 96.8 Å². The van der Waals surface area contributed by atoms with E-state index in [1.807, 2.05) is 0 Å². The van der Waals surface area contributed by atoms with Gasteiger partial charge in [0.25, 0.3) is 0 Å². The van der Waals surface area contributed by atoms with Crippen LogP contribution in [0.15, 0.2) is 35.3 Å². The monoisotopic (exact) mass is 209 g/mol. The summed E-state index contributed by atoms with van der Waals surface area (Å²) >= 11 is 0.